The van der Waals surface area contributed by atoms with E-state index in [0.29, 0.717) is 24.3 Å². The van der Waals surface area contributed by atoms with Crippen molar-refractivity contribution in [1.82, 2.24) is 4.98 Å². The second-order valence-corrected chi connectivity index (χ2v) is 4.46. The fourth-order valence-corrected chi connectivity index (χ4v) is 2.36. The standard InChI is InChI=1S/C14H13FN2O/c1-2-13(18)17-6-5-10-7-9-3-4-11(15)8-12(9)16-14(10)17/h3-4,7-8H,2,5-6H2,1H3. The maximum Gasteiger partial charge on any atom is 0.227 e. The molecule has 3 nitrogen and oxygen atoms in total. The van der Waals surface area contributed by atoms with Crippen LogP contribution in [0.25, 0.3) is 10.9 Å². The van der Waals surface area contributed by atoms with Crippen molar-refractivity contribution in [3.8, 4) is 0 Å². The van der Waals surface area contributed by atoms with Gasteiger partial charge in [-0.25, -0.2) is 9.37 Å². The van der Waals surface area contributed by atoms with Crippen LogP contribution in [0.1, 0.15) is 18.9 Å². The Bertz CT molecular complexity index is 639. The first-order valence-electron chi connectivity index (χ1n) is 6.08. The van der Waals surface area contributed by atoms with Crippen LogP contribution < -0.4 is 4.90 Å². The molecule has 0 fully saturated rings. The first kappa shape index (κ1) is 11.1. The summed E-state index contributed by atoms with van der Waals surface area (Å²) in [5.41, 5.74) is 1.67. The van der Waals surface area contributed by atoms with E-state index in [2.05, 4.69) is 4.98 Å². The van der Waals surface area contributed by atoms with Crippen LogP contribution in [0.2, 0.25) is 0 Å². The van der Waals surface area contributed by atoms with E-state index in [1.807, 2.05) is 13.0 Å². The van der Waals surface area contributed by atoms with Crippen LogP contribution in [0.15, 0.2) is 24.3 Å². The normalized spacial score (nSPS) is 14.0. The molecule has 18 heavy (non-hydrogen) atoms. The molecule has 0 saturated heterocycles. The number of aromatic nitrogens is 1. The van der Waals surface area contributed by atoms with Crippen molar-refractivity contribution in [2.24, 2.45) is 0 Å². The second kappa shape index (κ2) is 4.05. The smallest absolute Gasteiger partial charge is 0.227 e. The van der Waals surface area contributed by atoms with Gasteiger partial charge in [0.05, 0.1) is 5.52 Å². The molecule has 0 radical (unpaired) electrons. The van der Waals surface area contributed by atoms with Gasteiger partial charge in [-0.2, -0.15) is 0 Å². The number of nitrogens with zero attached hydrogens (tertiary/aromatic N) is 2. The van der Waals surface area contributed by atoms with Crippen LogP contribution in [0.5, 0.6) is 0 Å². The van der Waals surface area contributed by atoms with Crippen molar-refractivity contribution in [3.63, 3.8) is 0 Å². The quantitative estimate of drug-likeness (QED) is 0.772. The van der Waals surface area contributed by atoms with E-state index in [1.165, 1.54) is 12.1 Å². The Kier molecular flexibility index (Phi) is 2.51. The molecular weight excluding hydrogens is 231 g/mol. The molecule has 0 aliphatic carbocycles. The van der Waals surface area contributed by atoms with Gasteiger partial charge in [-0.15, -0.1) is 0 Å². The van der Waals surface area contributed by atoms with E-state index < -0.39 is 0 Å². The maximum absolute atomic E-state index is 13.2. The molecule has 0 spiro atoms. The topological polar surface area (TPSA) is 33.2 Å². The summed E-state index contributed by atoms with van der Waals surface area (Å²) in [6.45, 7) is 2.51. The molecule has 92 valence electrons. The van der Waals surface area contributed by atoms with Crippen molar-refractivity contribution >= 4 is 22.6 Å². The molecule has 2 heterocycles. The summed E-state index contributed by atoms with van der Waals surface area (Å²) in [6.07, 6.45) is 1.28. The molecule has 1 aromatic heterocycles. The average molecular weight is 244 g/mol. The largest absolute Gasteiger partial charge is 0.296 e. The molecule has 1 aromatic carbocycles. The van der Waals surface area contributed by atoms with E-state index >= 15 is 0 Å². The molecule has 1 aliphatic heterocycles. The van der Waals surface area contributed by atoms with Crippen LogP contribution in [0, 0.1) is 5.82 Å². The van der Waals surface area contributed by atoms with Crippen molar-refractivity contribution in [2.75, 3.05) is 11.4 Å². The van der Waals surface area contributed by atoms with E-state index in [9.17, 15) is 9.18 Å². The van der Waals surface area contributed by atoms with Crippen LogP contribution >= 0.6 is 0 Å². The second-order valence-electron chi connectivity index (χ2n) is 4.46. The van der Waals surface area contributed by atoms with Crippen molar-refractivity contribution in [3.05, 3.63) is 35.6 Å². The van der Waals surface area contributed by atoms with Crippen LogP contribution in [-0.2, 0) is 11.2 Å². The minimum absolute atomic E-state index is 0.0667. The zero-order valence-electron chi connectivity index (χ0n) is 10.1. The summed E-state index contributed by atoms with van der Waals surface area (Å²) in [5.74, 6) is 0.457. The van der Waals surface area contributed by atoms with E-state index in [1.54, 1.807) is 11.0 Å². The molecule has 0 saturated carbocycles. The molecular formula is C14H13FN2O. The van der Waals surface area contributed by atoms with Crippen LogP contribution in [0.3, 0.4) is 0 Å². The number of hydrogen-bond donors (Lipinski definition) is 0. The highest BCUT2D eigenvalue weighted by molar-refractivity contribution is 5.96. The van der Waals surface area contributed by atoms with Gasteiger partial charge in [-0.05, 0) is 30.2 Å². The number of carbonyl (C=O) groups is 1. The van der Waals surface area contributed by atoms with Crippen LogP contribution in [0.4, 0.5) is 10.2 Å². The lowest BCUT2D eigenvalue weighted by Crippen LogP contribution is -2.28. The van der Waals surface area contributed by atoms with Crippen molar-refractivity contribution < 1.29 is 9.18 Å². The van der Waals surface area contributed by atoms with Crippen molar-refractivity contribution in [1.29, 1.82) is 0 Å². The minimum atomic E-state index is -0.304. The summed E-state index contributed by atoms with van der Waals surface area (Å²) in [5, 5.41) is 0.918. The number of carbonyl (C=O) groups excluding carboxylic acids is 1. The summed E-state index contributed by atoms with van der Waals surface area (Å²) < 4.78 is 13.2. The van der Waals surface area contributed by atoms with Gasteiger partial charge in [-0.1, -0.05) is 6.92 Å². The molecule has 2 aromatic rings. The number of fused-ring (bicyclic) bond motifs is 2. The Morgan fingerprint density at radius 2 is 2.28 bits per heavy atom. The zero-order chi connectivity index (χ0) is 12.7. The molecule has 0 bridgehead atoms. The Morgan fingerprint density at radius 1 is 1.44 bits per heavy atom. The van der Waals surface area contributed by atoms with E-state index in [0.717, 1.165) is 17.4 Å². The number of amides is 1. The van der Waals surface area contributed by atoms with Gasteiger partial charge in [0.2, 0.25) is 5.91 Å². The van der Waals surface area contributed by atoms with Gasteiger partial charge in [-0.3, -0.25) is 9.69 Å². The van der Waals surface area contributed by atoms with Gasteiger partial charge in [0.25, 0.3) is 0 Å². The summed E-state index contributed by atoms with van der Waals surface area (Å²) >= 11 is 0. The van der Waals surface area contributed by atoms with Crippen molar-refractivity contribution in [2.45, 2.75) is 19.8 Å². The third-order valence-corrected chi connectivity index (χ3v) is 3.30. The highest BCUT2D eigenvalue weighted by atomic mass is 19.1. The van der Waals surface area contributed by atoms with E-state index in [-0.39, 0.29) is 11.7 Å². The highest BCUT2D eigenvalue weighted by Gasteiger charge is 2.25. The monoisotopic (exact) mass is 244 g/mol. The SMILES string of the molecule is CCC(=O)N1CCc2cc3ccc(F)cc3nc21. The number of halogens is 1. The third-order valence-electron chi connectivity index (χ3n) is 3.30. The Labute approximate surface area is 104 Å². The molecule has 0 N–H and O–H groups in total. The molecule has 4 heteroatoms. The zero-order valence-corrected chi connectivity index (χ0v) is 10.1. The highest BCUT2D eigenvalue weighted by Crippen LogP contribution is 2.29. The first-order valence-corrected chi connectivity index (χ1v) is 6.08. The first-order chi connectivity index (χ1) is 8.69. The van der Waals surface area contributed by atoms with Gasteiger partial charge < -0.3 is 0 Å². The maximum atomic E-state index is 13.2. The lowest BCUT2D eigenvalue weighted by Gasteiger charge is -2.15. The lowest BCUT2D eigenvalue weighted by atomic mass is 10.1. The molecule has 1 aliphatic rings. The minimum Gasteiger partial charge on any atom is -0.296 e. The number of anilines is 1. The summed E-state index contributed by atoms with van der Waals surface area (Å²) in [7, 11) is 0. The predicted molar refractivity (Wildman–Crippen MR) is 68.0 cm³/mol. The predicted octanol–water partition coefficient (Wildman–Crippen LogP) is 2.67. The fraction of sp³-hybridized carbons (Fsp3) is 0.286. The summed E-state index contributed by atoms with van der Waals surface area (Å²) in [4.78, 5) is 17.9. The average Bonchev–Trinajstić information content (AvgIpc) is 2.78. The van der Waals surface area contributed by atoms with Gasteiger partial charge in [0.15, 0.2) is 0 Å². The Hall–Kier alpha value is -1.97. The Balaban J connectivity index is 2.16. The number of rotatable bonds is 1. The van der Waals surface area contributed by atoms with E-state index in [4.69, 9.17) is 0 Å². The molecule has 0 unspecified atom stereocenters. The number of hydrogen-bond acceptors (Lipinski definition) is 2. The molecule has 3 rings (SSSR count). The summed E-state index contributed by atoms with van der Waals surface area (Å²) in [6, 6.07) is 6.56. The number of benzene rings is 1. The van der Waals surface area contributed by atoms with Gasteiger partial charge >= 0.3 is 0 Å². The lowest BCUT2D eigenvalue weighted by molar-refractivity contribution is -0.118. The molecule has 1 amide bonds. The van der Waals surface area contributed by atoms with Gasteiger partial charge in [0, 0.05) is 24.4 Å². The van der Waals surface area contributed by atoms with Gasteiger partial charge in [0.1, 0.15) is 11.6 Å². The Morgan fingerprint density at radius 3 is 3.06 bits per heavy atom. The molecule has 0 atom stereocenters. The van der Waals surface area contributed by atoms with Crippen LogP contribution in [-0.4, -0.2) is 17.4 Å². The third kappa shape index (κ3) is 1.65. The fourth-order valence-electron chi connectivity index (χ4n) is 2.36. The number of pyridine rings is 1.